The van der Waals surface area contributed by atoms with E-state index in [0.29, 0.717) is 17.9 Å². The van der Waals surface area contributed by atoms with E-state index < -0.39 is 7.12 Å². The van der Waals surface area contributed by atoms with Crippen LogP contribution in [-0.4, -0.2) is 36.0 Å². The highest BCUT2D eigenvalue weighted by molar-refractivity contribution is 6.48. The van der Waals surface area contributed by atoms with E-state index in [0.717, 1.165) is 31.2 Å². The van der Waals surface area contributed by atoms with Crippen molar-refractivity contribution in [3.05, 3.63) is 71.3 Å². The van der Waals surface area contributed by atoms with Crippen LogP contribution in [0.1, 0.15) is 81.3 Å². The van der Waals surface area contributed by atoms with E-state index in [1.165, 1.54) is 5.56 Å². The van der Waals surface area contributed by atoms with E-state index in [9.17, 15) is 9.59 Å². The number of fused-ring (bicyclic) bond motifs is 1. The molecule has 4 atom stereocenters. The zero-order valence-corrected chi connectivity index (χ0v) is 22.0. The molecule has 0 aromatic heterocycles. The van der Waals surface area contributed by atoms with E-state index in [-0.39, 0.29) is 47.1 Å². The number of hydrogen-bond donors (Lipinski definition) is 1. The summed E-state index contributed by atoms with van der Waals surface area (Å²) in [6.45, 7) is 8.94. The van der Waals surface area contributed by atoms with Gasteiger partial charge in [-0.25, -0.2) is 0 Å². The third kappa shape index (κ3) is 4.22. The number of hydrogen-bond acceptors (Lipinski definition) is 4. The number of benzene rings is 2. The largest absolute Gasteiger partial charge is 0.482 e. The topological polar surface area (TPSA) is 64.6 Å². The number of ketones is 1. The van der Waals surface area contributed by atoms with Gasteiger partial charge in [0.25, 0.3) is 0 Å². The number of nitrogens with one attached hydrogen (secondary N) is 1. The van der Waals surface area contributed by atoms with Gasteiger partial charge in [0.1, 0.15) is 0 Å². The summed E-state index contributed by atoms with van der Waals surface area (Å²) in [5.74, 6) is 0.159. The molecular weight excluding hydrogens is 449 g/mol. The van der Waals surface area contributed by atoms with E-state index in [2.05, 4.69) is 57.3 Å². The Morgan fingerprint density at radius 3 is 2.47 bits per heavy atom. The third-order valence-corrected chi connectivity index (χ3v) is 9.32. The van der Waals surface area contributed by atoms with Crippen molar-refractivity contribution in [3.8, 4) is 0 Å². The molecule has 6 rings (SSSR count). The number of aryl methyl sites for hydroxylation is 1. The predicted molar refractivity (Wildman–Crippen MR) is 142 cm³/mol. The lowest BCUT2D eigenvalue weighted by Crippen LogP contribution is -2.73. The molecule has 2 aromatic carbocycles. The third-order valence-electron chi connectivity index (χ3n) is 9.32. The second-order valence-corrected chi connectivity index (χ2v) is 11.7. The molecule has 0 radical (unpaired) electrons. The van der Waals surface area contributed by atoms with Crippen LogP contribution in [0.15, 0.2) is 54.6 Å². The Balaban J connectivity index is 1.33. The molecule has 2 aromatic rings. The maximum Gasteiger partial charge on any atom is 0.482 e. The molecule has 4 fully saturated rings. The lowest BCUT2D eigenvalue weighted by Gasteiger charge is -2.69. The average Bonchev–Trinajstić information content (AvgIpc) is 3.24. The summed E-state index contributed by atoms with van der Waals surface area (Å²) < 4.78 is 13.5. The van der Waals surface area contributed by atoms with Gasteiger partial charge in [0.15, 0.2) is 5.78 Å². The molecule has 1 amide bonds. The normalized spacial score (nSPS) is 28.7. The predicted octanol–water partition coefficient (Wildman–Crippen LogP) is 5.35. The number of Topliss-reactive ketones (excluding diaryl/α,β-unsaturated/α-hetero) is 1. The van der Waals surface area contributed by atoms with Crippen molar-refractivity contribution in [1.29, 1.82) is 0 Å². The molecule has 1 N–H and O–H groups in total. The van der Waals surface area contributed by atoms with Crippen molar-refractivity contribution in [2.45, 2.75) is 89.8 Å². The Kier molecular flexibility index (Phi) is 6.63. The Morgan fingerprint density at radius 2 is 1.78 bits per heavy atom. The Bertz CT molecular complexity index is 1130. The zero-order valence-electron chi connectivity index (χ0n) is 22.0. The average molecular weight is 487 g/mol. The summed E-state index contributed by atoms with van der Waals surface area (Å²) in [4.78, 5) is 25.7. The van der Waals surface area contributed by atoms with Gasteiger partial charge < -0.3 is 14.6 Å². The molecule has 1 heterocycles. The van der Waals surface area contributed by atoms with Crippen LogP contribution in [0.5, 0.6) is 0 Å². The minimum atomic E-state index is -0.521. The van der Waals surface area contributed by atoms with Gasteiger partial charge in [-0.1, -0.05) is 75.4 Å². The molecule has 190 valence electrons. The molecule has 3 saturated carbocycles. The lowest BCUT2D eigenvalue weighted by atomic mass is 9.41. The van der Waals surface area contributed by atoms with Crippen LogP contribution >= 0.6 is 0 Å². The summed E-state index contributed by atoms with van der Waals surface area (Å²) in [5, 5.41) is 3.20. The summed E-state index contributed by atoms with van der Waals surface area (Å²) in [7, 11) is -0.521. The van der Waals surface area contributed by atoms with Crippen LogP contribution in [0.3, 0.4) is 0 Å². The van der Waals surface area contributed by atoms with Gasteiger partial charge in [-0.2, -0.15) is 0 Å². The van der Waals surface area contributed by atoms with Crippen molar-refractivity contribution in [1.82, 2.24) is 5.32 Å². The molecule has 5 nitrogen and oxygen atoms in total. The smallest absolute Gasteiger partial charge is 0.402 e. The Morgan fingerprint density at radius 1 is 1.03 bits per heavy atom. The van der Waals surface area contributed by atoms with Crippen LogP contribution in [0.4, 0.5) is 0 Å². The molecule has 6 heteroatoms. The van der Waals surface area contributed by atoms with Gasteiger partial charge in [-0.3, -0.25) is 9.59 Å². The lowest BCUT2D eigenvalue weighted by molar-refractivity contribution is -0.257. The molecule has 3 unspecified atom stereocenters. The van der Waals surface area contributed by atoms with Crippen molar-refractivity contribution in [2.24, 2.45) is 11.3 Å². The van der Waals surface area contributed by atoms with Gasteiger partial charge in [-0.15, -0.1) is 0 Å². The highest BCUT2D eigenvalue weighted by atomic mass is 16.7. The maximum absolute atomic E-state index is 13.1. The number of carbonyl (C=O) groups is 2. The first kappa shape index (κ1) is 25.2. The number of amides is 1. The van der Waals surface area contributed by atoms with E-state index in [4.69, 9.17) is 9.31 Å². The van der Waals surface area contributed by atoms with Crippen LogP contribution in [0.25, 0.3) is 0 Å². The fourth-order valence-electron chi connectivity index (χ4n) is 6.92. The second kappa shape index (κ2) is 9.46. The van der Waals surface area contributed by atoms with Crippen LogP contribution < -0.4 is 5.32 Å². The Hall–Kier alpha value is -2.44. The van der Waals surface area contributed by atoms with Gasteiger partial charge in [0.05, 0.1) is 17.1 Å². The quantitative estimate of drug-likeness (QED) is 0.383. The van der Waals surface area contributed by atoms with Gasteiger partial charge in [-0.05, 0) is 61.5 Å². The molecular formula is C30H38BNO4. The molecule has 36 heavy (non-hydrogen) atoms. The van der Waals surface area contributed by atoms with Gasteiger partial charge >= 0.3 is 7.12 Å². The summed E-state index contributed by atoms with van der Waals surface area (Å²) in [5.41, 5.74) is 2.43. The molecule has 3 aliphatic carbocycles. The first-order valence-corrected chi connectivity index (χ1v) is 13.5. The summed E-state index contributed by atoms with van der Waals surface area (Å²) in [6.07, 6.45) is 5.04. The number of carbonyl (C=O) groups excluding carboxylic acids is 2. The zero-order chi connectivity index (χ0) is 25.6. The SMILES string of the molecule is CCc1cccc(C[C@H](NC(=O)CCC(=O)c2ccccc2)B2OC3(C)CCC4CC3(O2)C4(C)C)c1. The van der Waals surface area contributed by atoms with E-state index in [1.54, 1.807) is 12.1 Å². The van der Waals surface area contributed by atoms with Crippen molar-refractivity contribution in [2.75, 3.05) is 0 Å². The van der Waals surface area contributed by atoms with E-state index in [1.807, 2.05) is 18.2 Å². The molecule has 1 aliphatic heterocycles. The van der Waals surface area contributed by atoms with Crippen LogP contribution in [0, 0.1) is 11.3 Å². The molecule has 2 bridgehead atoms. The van der Waals surface area contributed by atoms with E-state index >= 15 is 0 Å². The molecule has 4 aliphatic rings. The highest BCUT2D eigenvalue weighted by Gasteiger charge is 2.76. The maximum atomic E-state index is 13.1. The summed E-state index contributed by atoms with van der Waals surface area (Å²) in [6, 6.07) is 17.6. The summed E-state index contributed by atoms with van der Waals surface area (Å²) >= 11 is 0. The monoisotopic (exact) mass is 487 g/mol. The minimum Gasteiger partial charge on any atom is -0.402 e. The van der Waals surface area contributed by atoms with Crippen molar-refractivity contribution < 1.29 is 18.9 Å². The van der Waals surface area contributed by atoms with Gasteiger partial charge in [0.2, 0.25) is 5.91 Å². The standard InChI is InChI=1S/C30H38BNO4/c1-5-21-10-9-11-22(18-21)19-26(32-27(34)15-14-25(33)23-12-7-6-8-13-23)31-35-29(4)17-16-24-20-30(29,36-31)28(24,2)3/h6-13,18,24,26H,5,14-17,19-20H2,1-4H3,(H,32,34)/t24?,26-,29?,30?/m0/s1. The van der Waals surface area contributed by atoms with Crippen LogP contribution in [-0.2, 0) is 26.9 Å². The first-order valence-electron chi connectivity index (χ1n) is 13.5. The van der Waals surface area contributed by atoms with Crippen LogP contribution in [0.2, 0.25) is 0 Å². The number of rotatable bonds is 9. The highest BCUT2D eigenvalue weighted by Crippen LogP contribution is 2.70. The van der Waals surface area contributed by atoms with Gasteiger partial charge in [0, 0.05) is 18.4 Å². The fraction of sp³-hybridized carbons (Fsp3) is 0.533. The Labute approximate surface area is 215 Å². The van der Waals surface area contributed by atoms with Crippen molar-refractivity contribution >= 4 is 18.8 Å². The fourth-order valence-corrected chi connectivity index (χ4v) is 6.92. The minimum absolute atomic E-state index is 0.0222. The first-order chi connectivity index (χ1) is 17.2. The second-order valence-electron chi connectivity index (χ2n) is 11.7. The van der Waals surface area contributed by atoms with Crippen molar-refractivity contribution in [3.63, 3.8) is 0 Å². The molecule has 1 saturated heterocycles. The molecule has 1 spiro atoms.